The summed E-state index contributed by atoms with van der Waals surface area (Å²) in [6.07, 6.45) is 0. The zero-order valence-electron chi connectivity index (χ0n) is 9.42. The second kappa shape index (κ2) is 7.61. The molecule has 94 valence electrons. The SMILES string of the molecule is COc1ccc(C[Se]NC(CS)C(=O)O)cc1. The molecule has 0 aliphatic rings. The van der Waals surface area contributed by atoms with E-state index in [1.165, 1.54) is 5.56 Å². The Kier molecular flexibility index (Phi) is 6.44. The Morgan fingerprint density at radius 2 is 2.18 bits per heavy atom. The molecule has 1 rings (SSSR count). The van der Waals surface area contributed by atoms with Gasteiger partial charge in [-0.25, -0.2) is 0 Å². The minimum atomic E-state index is -0.850. The van der Waals surface area contributed by atoms with E-state index in [1.807, 2.05) is 24.3 Å². The fraction of sp³-hybridized carbons (Fsp3) is 0.364. The van der Waals surface area contributed by atoms with E-state index >= 15 is 0 Å². The first-order valence-electron chi connectivity index (χ1n) is 5.01. The Bertz CT molecular complexity index is 358. The van der Waals surface area contributed by atoms with Crippen molar-refractivity contribution in [1.29, 1.82) is 0 Å². The number of methoxy groups -OCH3 is 1. The summed E-state index contributed by atoms with van der Waals surface area (Å²) in [4.78, 5) is 10.7. The molecule has 1 unspecified atom stereocenters. The number of carbonyl (C=O) groups is 1. The van der Waals surface area contributed by atoms with Crippen LogP contribution in [0.2, 0.25) is 0 Å². The summed E-state index contributed by atoms with van der Waals surface area (Å²) in [6, 6.07) is 7.21. The first kappa shape index (κ1) is 14.4. The van der Waals surface area contributed by atoms with Crippen molar-refractivity contribution < 1.29 is 14.6 Å². The van der Waals surface area contributed by atoms with Crippen molar-refractivity contribution in [2.75, 3.05) is 12.9 Å². The Morgan fingerprint density at radius 3 is 2.65 bits per heavy atom. The summed E-state index contributed by atoms with van der Waals surface area (Å²) in [7, 11) is 1.63. The predicted molar refractivity (Wildman–Crippen MR) is 70.9 cm³/mol. The Morgan fingerprint density at radius 1 is 1.53 bits per heavy atom. The van der Waals surface area contributed by atoms with Crippen LogP contribution in [0, 0.1) is 0 Å². The monoisotopic (exact) mass is 321 g/mol. The number of rotatable bonds is 7. The Hall–Kier alpha value is -0.681. The molecule has 0 heterocycles. The van der Waals surface area contributed by atoms with E-state index in [-0.39, 0.29) is 15.2 Å². The molecule has 4 nitrogen and oxygen atoms in total. The van der Waals surface area contributed by atoms with Gasteiger partial charge in [0.05, 0.1) is 0 Å². The molecule has 0 radical (unpaired) electrons. The van der Waals surface area contributed by atoms with E-state index in [0.29, 0.717) is 5.75 Å². The number of carboxylic acid groups (broad SMARTS) is 1. The molecule has 0 aliphatic carbocycles. The molecule has 0 fully saturated rings. The number of thiol groups is 1. The van der Waals surface area contributed by atoms with Gasteiger partial charge in [-0.3, -0.25) is 0 Å². The maximum absolute atomic E-state index is 10.7. The van der Waals surface area contributed by atoms with Gasteiger partial charge in [0.25, 0.3) is 0 Å². The molecule has 0 amide bonds. The molecular weight excluding hydrogens is 305 g/mol. The molecule has 17 heavy (non-hydrogen) atoms. The van der Waals surface area contributed by atoms with Gasteiger partial charge >= 0.3 is 113 Å². The summed E-state index contributed by atoms with van der Waals surface area (Å²) in [6.45, 7) is 0. The minimum absolute atomic E-state index is 0.0559. The van der Waals surface area contributed by atoms with E-state index < -0.39 is 12.0 Å². The van der Waals surface area contributed by atoms with E-state index in [1.54, 1.807) is 7.11 Å². The first-order chi connectivity index (χ1) is 8.17. The van der Waals surface area contributed by atoms with Crippen molar-refractivity contribution in [2.45, 2.75) is 11.4 Å². The van der Waals surface area contributed by atoms with Crippen LogP contribution in [0.15, 0.2) is 24.3 Å². The van der Waals surface area contributed by atoms with E-state index in [0.717, 1.165) is 11.1 Å². The van der Waals surface area contributed by atoms with Crippen LogP contribution in [0.25, 0.3) is 0 Å². The van der Waals surface area contributed by atoms with Crippen molar-refractivity contribution in [3.63, 3.8) is 0 Å². The number of nitrogens with one attached hydrogen (secondary N) is 1. The number of ether oxygens (including phenoxy) is 1. The van der Waals surface area contributed by atoms with Crippen LogP contribution in [0.3, 0.4) is 0 Å². The fourth-order valence-electron chi connectivity index (χ4n) is 1.11. The van der Waals surface area contributed by atoms with Crippen molar-refractivity contribution in [3.8, 4) is 5.75 Å². The van der Waals surface area contributed by atoms with Gasteiger partial charge < -0.3 is 0 Å². The fourth-order valence-corrected chi connectivity index (χ4v) is 3.37. The zero-order chi connectivity index (χ0) is 12.7. The molecule has 1 atom stereocenters. The van der Waals surface area contributed by atoms with E-state index in [2.05, 4.69) is 17.0 Å². The second-order valence-electron chi connectivity index (χ2n) is 3.33. The van der Waals surface area contributed by atoms with Gasteiger partial charge in [0.1, 0.15) is 0 Å². The van der Waals surface area contributed by atoms with Gasteiger partial charge in [0, 0.05) is 0 Å². The van der Waals surface area contributed by atoms with Crippen LogP contribution < -0.4 is 9.07 Å². The van der Waals surface area contributed by atoms with Crippen LogP contribution in [0.4, 0.5) is 0 Å². The zero-order valence-corrected chi connectivity index (χ0v) is 12.0. The molecule has 0 saturated carbocycles. The second-order valence-corrected chi connectivity index (χ2v) is 5.40. The normalized spacial score (nSPS) is 12.1. The quantitative estimate of drug-likeness (QED) is 0.513. The first-order valence-corrected chi connectivity index (χ1v) is 7.71. The van der Waals surface area contributed by atoms with Gasteiger partial charge in [-0.1, -0.05) is 0 Å². The number of hydrogen-bond donors (Lipinski definition) is 3. The summed E-state index contributed by atoms with van der Waals surface area (Å²) < 4.78 is 8.06. The molecule has 6 heteroatoms. The average molecular weight is 320 g/mol. The van der Waals surface area contributed by atoms with Crippen molar-refractivity contribution >= 4 is 33.8 Å². The van der Waals surface area contributed by atoms with Gasteiger partial charge in [-0.15, -0.1) is 0 Å². The van der Waals surface area contributed by atoms with Crippen molar-refractivity contribution in [2.24, 2.45) is 0 Å². The van der Waals surface area contributed by atoms with Crippen LogP contribution in [-0.4, -0.2) is 45.2 Å². The Labute approximate surface area is 113 Å². The van der Waals surface area contributed by atoms with Crippen LogP contribution in [0.1, 0.15) is 5.56 Å². The van der Waals surface area contributed by atoms with Crippen molar-refractivity contribution in [1.82, 2.24) is 4.33 Å². The predicted octanol–water partition coefficient (Wildman–Crippen LogP) is 0.787. The topological polar surface area (TPSA) is 58.6 Å². The third kappa shape index (κ3) is 5.00. The van der Waals surface area contributed by atoms with Gasteiger partial charge in [-0.2, -0.15) is 0 Å². The molecule has 1 aromatic carbocycles. The van der Waals surface area contributed by atoms with Crippen molar-refractivity contribution in [3.05, 3.63) is 29.8 Å². The summed E-state index contributed by atoms with van der Waals surface area (Å²) in [5.74, 6) is 0.282. The van der Waals surface area contributed by atoms with Gasteiger partial charge in [0.2, 0.25) is 0 Å². The van der Waals surface area contributed by atoms with E-state index in [9.17, 15) is 4.79 Å². The summed E-state index contributed by atoms with van der Waals surface area (Å²) >= 11 is 4.05. The van der Waals surface area contributed by atoms with Crippen LogP contribution in [0.5, 0.6) is 5.75 Å². The molecule has 0 bridgehead atoms. The van der Waals surface area contributed by atoms with E-state index in [4.69, 9.17) is 9.84 Å². The number of carboxylic acids is 1. The molecule has 1 aromatic rings. The molecule has 0 aliphatic heterocycles. The van der Waals surface area contributed by atoms with Gasteiger partial charge in [-0.05, 0) is 0 Å². The molecule has 2 N–H and O–H groups in total. The molecule has 0 aromatic heterocycles. The number of benzene rings is 1. The molecule has 0 saturated heterocycles. The standard InChI is InChI=1S/C11H15NO3SSe/c1-15-9-4-2-8(3-5-9)7-17-12-10(6-16)11(13)14/h2-5,10,12,16H,6-7H2,1H3,(H,13,14). The number of hydrogen-bond acceptors (Lipinski definition) is 4. The average Bonchev–Trinajstić information content (AvgIpc) is 2.35. The molecule has 0 spiro atoms. The van der Waals surface area contributed by atoms with Crippen LogP contribution in [-0.2, 0) is 10.1 Å². The number of aliphatic carboxylic acids is 1. The van der Waals surface area contributed by atoms with Gasteiger partial charge in [0.15, 0.2) is 0 Å². The molecular formula is C11H15NO3SSe. The third-order valence-corrected chi connectivity index (χ3v) is 4.42. The summed E-state index contributed by atoms with van der Waals surface area (Å²) in [5, 5.41) is 9.66. The third-order valence-electron chi connectivity index (χ3n) is 2.10. The Balaban J connectivity index is 2.37. The van der Waals surface area contributed by atoms with Crippen LogP contribution >= 0.6 is 12.6 Å². The summed E-state index contributed by atoms with van der Waals surface area (Å²) in [5.41, 5.74) is 1.17. The maximum atomic E-state index is 10.7.